The van der Waals surface area contributed by atoms with Gasteiger partial charge in [-0.15, -0.1) is 0 Å². The molecule has 0 saturated heterocycles. The van der Waals surface area contributed by atoms with E-state index in [4.69, 9.17) is 4.84 Å². The zero-order valence-electron chi connectivity index (χ0n) is 12.2. The van der Waals surface area contributed by atoms with Gasteiger partial charge in [-0.2, -0.15) is 0 Å². The number of aromatic amines is 1. The third kappa shape index (κ3) is 3.25. The van der Waals surface area contributed by atoms with Crippen LogP contribution in [0.3, 0.4) is 0 Å². The van der Waals surface area contributed by atoms with E-state index in [1.165, 1.54) is 0 Å². The first-order valence-electron chi connectivity index (χ1n) is 7.06. The highest BCUT2D eigenvalue weighted by Gasteiger charge is 2.21. The summed E-state index contributed by atoms with van der Waals surface area (Å²) in [6.07, 6.45) is 4.18. The van der Waals surface area contributed by atoms with Crippen molar-refractivity contribution in [2.75, 3.05) is 0 Å². The van der Waals surface area contributed by atoms with Crippen LogP contribution in [0.25, 0.3) is 0 Å². The molecular weight excluding hydrogens is 258 g/mol. The number of nitrogens with zero attached hydrogens (tertiary/aromatic N) is 1. The lowest BCUT2D eigenvalue weighted by atomic mass is 10.1. The van der Waals surface area contributed by atoms with Gasteiger partial charge in [0.2, 0.25) is 0 Å². The van der Waals surface area contributed by atoms with Gasteiger partial charge in [-0.1, -0.05) is 26.7 Å². The number of aromatic nitrogens is 2. The van der Waals surface area contributed by atoms with Crippen LogP contribution in [0.5, 0.6) is 0 Å². The number of rotatable bonds is 4. The molecule has 20 heavy (non-hydrogen) atoms. The molecule has 0 aliphatic heterocycles. The third-order valence-corrected chi connectivity index (χ3v) is 3.51. The smallest absolute Gasteiger partial charge is 0.282 e. The molecule has 0 aromatic carbocycles. The minimum absolute atomic E-state index is 0.0207. The number of hydrogen-bond donors (Lipinski definition) is 2. The summed E-state index contributed by atoms with van der Waals surface area (Å²) < 4.78 is 0. The molecule has 0 spiro atoms. The largest absolute Gasteiger partial charge is 0.310 e. The first-order chi connectivity index (χ1) is 9.49. The van der Waals surface area contributed by atoms with Gasteiger partial charge in [0.1, 0.15) is 11.4 Å². The van der Waals surface area contributed by atoms with Crippen LogP contribution in [0.15, 0.2) is 4.79 Å². The van der Waals surface area contributed by atoms with Crippen molar-refractivity contribution < 1.29 is 9.63 Å². The maximum Gasteiger partial charge on any atom is 0.282 e. The summed E-state index contributed by atoms with van der Waals surface area (Å²) in [7, 11) is 0. The van der Waals surface area contributed by atoms with Crippen molar-refractivity contribution in [2.24, 2.45) is 0 Å². The first-order valence-corrected chi connectivity index (χ1v) is 7.06. The van der Waals surface area contributed by atoms with Gasteiger partial charge in [-0.05, 0) is 19.8 Å². The molecule has 0 bridgehead atoms. The van der Waals surface area contributed by atoms with Crippen LogP contribution in [0.1, 0.15) is 67.3 Å². The van der Waals surface area contributed by atoms with Crippen LogP contribution in [0, 0.1) is 6.92 Å². The summed E-state index contributed by atoms with van der Waals surface area (Å²) in [6.45, 7) is 5.52. The lowest BCUT2D eigenvalue weighted by Gasteiger charge is -2.12. The zero-order valence-corrected chi connectivity index (χ0v) is 12.2. The zero-order chi connectivity index (χ0) is 14.7. The van der Waals surface area contributed by atoms with Crippen LogP contribution in [-0.2, 0) is 4.84 Å². The molecule has 0 radical (unpaired) electrons. The number of nitrogens with one attached hydrogen (secondary N) is 2. The molecule has 2 N–H and O–H groups in total. The number of carbonyl (C=O) groups excluding carboxylic acids is 1. The van der Waals surface area contributed by atoms with Crippen molar-refractivity contribution in [1.82, 2.24) is 15.4 Å². The Labute approximate surface area is 117 Å². The summed E-state index contributed by atoms with van der Waals surface area (Å²) >= 11 is 0. The molecular formula is C14H21N3O3. The van der Waals surface area contributed by atoms with E-state index in [-0.39, 0.29) is 17.6 Å². The quantitative estimate of drug-likeness (QED) is 0.823. The monoisotopic (exact) mass is 279 g/mol. The minimum Gasteiger partial charge on any atom is -0.310 e. The average molecular weight is 279 g/mol. The predicted octanol–water partition coefficient (Wildman–Crippen LogP) is 1.81. The van der Waals surface area contributed by atoms with E-state index in [0.717, 1.165) is 25.7 Å². The molecule has 1 amide bonds. The van der Waals surface area contributed by atoms with Crippen LogP contribution < -0.4 is 11.0 Å². The second-order valence-corrected chi connectivity index (χ2v) is 5.52. The fraction of sp³-hybridized carbons (Fsp3) is 0.643. The standard InChI is InChI=1S/C14H21N3O3/c1-8(2)12-15-9(3)11(13(18)16-12)14(19)17-20-10-6-4-5-7-10/h8,10H,4-7H2,1-3H3,(H,17,19)(H,15,16,18). The maximum absolute atomic E-state index is 12.0. The fourth-order valence-electron chi connectivity index (χ4n) is 2.34. The van der Waals surface area contributed by atoms with Gasteiger partial charge in [0.15, 0.2) is 0 Å². The SMILES string of the molecule is Cc1nc(C(C)C)[nH]c(=O)c1C(=O)NOC1CCCC1. The molecule has 1 aliphatic rings. The van der Waals surface area contributed by atoms with Crippen molar-refractivity contribution in [3.8, 4) is 0 Å². The normalized spacial score (nSPS) is 15.8. The summed E-state index contributed by atoms with van der Waals surface area (Å²) in [4.78, 5) is 36.3. The highest BCUT2D eigenvalue weighted by Crippen LogP contribution is 2.20. The van der Waals surface area contributed by atoms with Crippen molar-refractivity contribution in [3.63, 3.8) is 0 Å². The molecule has 0 unspecified atom stereocenters. The van der Waals surface area contributed by atoms with Crippen LogP contribution in [0.4, 0.5) is 0 Å². The first kappa shape index (κ1) is 14.7. The van der Waals surface area contributed by atoms with Crippen LogP contribution in [0.2, 0.25) is 0 Å². The van der Waals surface area contributed by atoms with Gasteiger partial charge in [0, 0.05) is 5.92 Å². The predicted molar refractivity (Wildman–Crippen MR) is 74.5 cm³/mol. The topological polar surface area (TPSA) is 84.1 Å². The van der Waals surface area contributed by atoms with E-state index in [1.54, 1.807) is 6.92 Å². The molecule has 0 atom stereocenters. The maximum atomic E-state index is 12.0. The molecule has 6 nitrogen and oxygen atoms in total. The molecule has 2 rings (SSSR count). The van der Waals surface area contributed by atoms with Gasteiger partial charge >= 0.3 is 0 Å². The Balaban J connectivity index is 2.11. The van der Waals surface area contributed by atoms with Gasteiger partial charge in [-0.25, -0.2) is 10.5 Å². The highest BCUT2D eigenvalue weighted by molar-refractivity contribution is 5.94. The molecule has 110 valence electrons. The van der Waals surface area contributed by atoms with Crippen molar-refractivity contribution in [1.29, 1.82) is 0 Å². The summed E-state index contributed by atoms with van der Waals surface area (Å²) in [6, 6.07) is 0. The second-order valence-electron chi connectivity index (χ2n) is 5.52. The summed E-state index contributed by atoms with van der Waals surface area (Å²) in [5.41, 5.74) is 2.39. The van der Waals surface area contributed by atoms with Crippen molar-refractivity contribution in [3.05, 3.63) is 27.4 Å². The molecule has 6 heteroatoms. The molecule has 1 fully saturated rings. The van der Waals surface area contributed by atoms with Gasteiger partial charge in [0.05, 0.1) is 11.8 Å². The Morgan fingerprint density at radius 2 is 2.05 bits per heavy atom. The highest BCUT2D eigenvalue weighted by atomic mass is 16.7. The van der Waals surface area contributed by atoms with E-state index in [0.29, 0.717) is 11.5 Å². The van der Waals surface area contributed by atoms with Crippen LogP contribution in [-0.4, -0.2) is 22.0 Å². The van der Waals surface area contributed by atoms with Gasteiger partial charge in [-0.3, -0.25) is 14.4 Å². The third-order valence-electron chi connectivity index (χ3n) is 3.51. The van der Waals surface area contributed by atoms with Crippen molar-refractivity contribution in [2.45, 2.75) is 58.5 Å². The molecule has 1 aliphatic carbocycles. The van der Waals surface area contributed by atoms with E-state index >= 15 is 0 Å². The Kier molecular flexibility index (Phi) is 4.54. The second kappa shape index (κ2) is 6.17. The summed E-state index contributed by atoms with van der Waals surface area (Å²) in [5, 5.41) is 0. The fourth-order valence-corrected chi connectivity index (χ4v) is 2.34. The number of hydrogen-bond acceptors (Lipinski definition) is 4. The van der Waals surface area contributed by atoms with Gasteiger partial charge < -0.3 is 4.98 Å². The Bertz CT molecular complexity index is 545. The Morgan fingerprint density at radius 3 is 2.60 bits per heavy atom. The number of carbonyl (C=O) groups is 1. The molecule has 1 aromatic rings. The number of H-pyrrole nitrogens is 1. The van der Waals surface area contributed by atoms with E-state index in [2.05, 4.69) is 15.4 Å². The molecule has 1 heterocycles. The van der Waals surface area contributed by atoms with Crippen LogP contribution >= 0.6 is 0 Å². The number of amides is 1. The van der Waals surface area contributed by atoms with E-state index in [9.17, 15) is 9.59 Å². The van der Waals surface area contributed by atoms with Gasteiger partial charge in [0.25, 0.3) is 11.5 Å². The summed E-state index contributed by atoms with van der Waals surface area (Å²) in [5.74, 6) is 0.160. The average Bonchev–Trinajstić information content (AvgIpc) is 2.88. The Morgan fingerprint density at radius 1 is 1.40 bits per heavy atom. The van der Waals surface area contributed by atoms with E-state index in [1.807, 2.05) is 13.8 Å². The Hall–Kier alpha value is -1.69. The molecule has 1 saturated carbocycles. The lowest BCUT2D eigenvalue weighted by molar-refractivity contribution is -0.0126. The minimum atomic E-state index is -0.529. The van der Waals surface area contributed by atoms with E-state index < -0.39 is 11.5 Å². The van der Waals surface area contributed by atoms with Crippen molar-refractivity contribution >= 4 is 5.91 Å². The molecule has 1 aromatic heterocycles. The number of hydroxylamine groups is 1. The number of aryl methyl sites for hydroxylation is 1. The lowest BCUT2D eigenvalue weighted by Crippen LogP contribution is -2.34.